The summed E-state index contributed by atoms with van der Waals surface area (Å²) < 4.78 is 0. The van der Waals surface area contributed by atoms with Gasteiger partial charge in [0.15, 0.2) is 0 Å². The molecule has 1 aliphatic heterocycles. The van der Waals surface area contributed by atoms with Gasteiger partial charge < -0.3 is 10.0 Å². The molecule has 1 unspecified atom stereocenters. The molecule has 5 heteroatoms. The molecule has 1 aliphatic rings. The van der Waals surface area contributed by atoms with Crippen LogP contribution in [-0.4, -0.2) is 40.0 Å². The van der Waals surface area contributed by atoms with Crippen molar-refractivity contribution in [3.63, 3.8) is 0 Å². The summed E-state index contributed by atoms with van der Waals surface area (Å²) in [7, 11) is 0. The third-order valence-electron chi connectivity index (χ3n) is 4.28. The van der Waals surface area contributed by atoms with Crippen molar-refractivity contribution in [3.05, 3.63) is 29.6 Å². The van der Waals surface area contributed by atoms with Crippen molar-refractivity contribution in [2.24, 2.45) is 11.3 Å². The maximum atomic E-state index is 12.5. The van der Waals surface area contributed by atoms with E-state index >= 15 is 0 Å². The van der Waals surface area contributed by atoms with Crippen molar-refractivity contribution >= 4 is 11.9 Å². The number of rotatable bonds is 2. The van der Waals surface area contributed by atoms with E-state index in [4.69, 9.17) is 5.11 Å². The molecule has 0 bridgehead atoms. The molecule has 1 amide bonds. The second kappa shape index (κ2) is 5.23. The second-order valence-corrected chi connectivity index (χ2v) is 6.14. The van der Waals surface area contributed by atoms with Gasteiger partial charge in [-0.2, -0.15) is 0 Å². The van der Waals surface area contributed by atoms with Gasteiger partial charge in [0.05, 0.1) is 0 Å². The van der Waals surface area contributed by atoms with Crippen LogP contribution >= 0.6 is 0 Å². The summed E-state index contributed by atoms with van der Waals surface area (Å²) in [5.74, 6) is -0.666. The van der Waals surface area contributed by atoms with Crippen LogP contribution in [0.2, 0.25) is 0 Å². The van der Waals surface area contributed by atoms with Crippen molar-refractivity contribution in [1.29, 1.82) is 0 Å². The van der Waals surface area contributed by atoms with Gasteiger partial charge >= 0.3 is 5.97 Å². The van der Waals surface area contributed by atoms with Crippen molar-refractivity contribution in [2.45, 2.75) is 27.2 Å². The fraction of sp³-hybridized carbons (Fsp3) is 0.533. The molecular formula is C15H20N2O3. The SMILES string of the molecule is CC1CCN(C(=O)c2ccnc(C(=O)O)c2)CC1(C)C. The van der Waals surface area contributed by atoms with Crippen LogP contribution < -0.4 is 0 Å². The van der Waals surface area contributed by atoms with E-state index in [1.807, 2.05) is 0 Å². The molecule has 1 atom stereocenters. The first-order valence-electron chi connectivity index (χ1n) is 6.80. The van der Waals surface area contributed by atoms with Crippen LogP contribution in [0.4, 0.5) is 0 Å². The van der Waals surface area contributed by atoms with Gasteiger partial charge in [-0.1, -0.05) is 20.8 Å². The van der Waals surface area contributed by atoms with Gasteiger partial charge in [-0.15, -0.1) is 0 Å². The Hall–Kier alpha value is -1.91. The number of carbonyl (C=O) groups excluding carboxylic acids is 1. The predicted molar refractivity (Wildman–Crippen MR) is 74.7 cm³/mol. The largest absolute Gasteiger partial charge is 0.477 e. The normalized spacial score (nSPS) is 21.6. The number of amides is 1. The minimum atomic E-state index is -1.12. The number of piperidine rings is 1. The topological polar surface area (TPSA) is 70.5 Å². The highest BCUT2D eigenvalue weighted by Crippen LogP contribution is 2.34. The maximum Gasteiger partial charge on any atom is 0.354 e. The lowest BCUT2D eigenvalue weighted by atomic mass is 9.75. The fourth-order valence-electron chi connectivity index (χ4n) is 2.50. The maximum absolute atomic E-state index is 12.5. The molecule has 20 heavy (non-hydrogen) atoms. The molecule has 2 rings (SSSR count). The van der Waals surface area contributed by atoms with Gasteiger partial charge in [0, 0.05) is 24.8 Å². The van der Waals surface area contributed by atoms with E-state index in [1.165, 1.54) is 12.3 Å². The summed E-state index contributed by atoms with van der Waals surface area (Å²) in [6.07, 6.45) is 2.34. The molecule has 0 aliphatic carbocycles. The highest BCUT2D eigenvalue weighted by atomic mass is 16.4. The van der Waals surface area contributed by atoms with Crippen LogP contribution in [0.5, 0.6) is 0 Å². The number of hydrogen-bond donors (Lipinski definition) is 1. The first kappa shape index (κ1) is 14.5. The third kappa shape index (κ3) is 2.81. The highest BCUT2D eigenvalue weighted by Gasteiger charge is 2.35. The monoisotopic (exact) mass is 276 g/mol. The van der Waals surface area contributed by atoms with Gasteiger partial charge in [-0.25, -0.2) is 9.78 Å². The number of aromatic carboxylic acids is 1. The first-order valence-corrected chi connectivity index (χ1v) is 6.80. The number of likely N-dealkylation sites (tertiary alicyclic amines) is 1. The zero-order valence-electron chi connectivity index (χ0n) is 12.1. The average molecular weight is 276 g/mol. The second-order valence-electron chi connectivity index (χ2n) is 6.14. The standard InChI is InChI=1S/C15H20N2O3/c1-10-5-7-17(9-15(10,2)3)13(18)11-4-6-16-12(8-11)14(19)20/h4,6,8,10H,5,7,9H2,1-3H3,(H,19,20). The molecule has 1 aromatic heterocycles. The lowest BCUT2D eigenvalue weighted by Gasteiger charge is -2.43. The molecule has 108 valence electrons. The van der Waals surface area contributed by atoms with E-state index in [9.17, 15) is 9.59 Å². The Morgan fingerprint density at radius 3 is 2.75 bits per heavy atom. The molecule has 5 nitrogen and oxygen atoms in total. The van der Waals surface area contributed by atoms with Crippen molar-refractivity contribution < 1.29 is 14.7 Å². The number of carbonyl (C=O) groups is 2. The lowest BCUT2D eigenvalue weighted by molar-refractivity contribution is 0.0427. The summed E-state index contributed by atoms with van der Waals surface area (Å²) in [5, 5.41) is 8.93. The number of carboxylic acid groups (broad SMARTS) is 1. The Morgan fingerprint density at radius 1 is 1.45 bits per heavy atom. The lowest BCUT2D eigenvalue weighted by Crippen LogP contribution is -2.47. The van der Waals surface area contributed by atoms with E-state index in [1.54, 1.807) is 11.0 Å². The molecule has 2 heterocycles. The van der Waals surface area contributed by atoms with Crippen LogP contribution in [0.3, 0.4) is 0 Å². The third-order valence-corrected chi connectivity index (χ3v) is 4.28. The Morgan fingerprint density at radius 2 is 2.15 bits per heavy atom. The van der Waals surface area contributed by atoms with Gasteiger partial charge in [0.2, 0.25) is 0 Å². The minimum Gasteiger partial charge on any atom is -0.477 e. The summed E-state index contributed by atoms with van der Waals surface area (Å²) in [6, 6.07) is 2.91. The highest BCUT2D eigenvalue weighted by molar-refractivity contribution is 5.96. The average Bonchev–Trinajstić information content (AvgIpc) is 2.41. The zero-order valence-corrected chi connectivity index (χ0v) is 12.1. The molecule has 1 saturated heterocycles. The summed E-state index contributed by atoms with van der Waals surface area (Å²) in [5.41, 5.74) is 0.375. The van der Waals surface area contributed by atoms with Gasteiger partial charge in [0.1, 0.15) is 5.69 Å². The van der Waals surface area contributed by atoms with Crippen LogP contribution in [0, 0.1) is 11.3 Å². The van der Waals surface area contributed by atoms with Crippen LogP contribution in [0.25, 0.3) is 0 Å². The van der Waals surface area contributed by atoms with E-state index in [2.05, 4.69) is 25.8 Å². The van der Waals surface area contributed by atoms with E-state index < -0.39 is 5.97 Å². The summed E-state index contributed by atoms with van der Waals surface area (Å²) >= 11 is 0. The van der Waals surface area contributed by atoms with Crippen molar-refractivity contribution in [1.82, 2.24) is 9.88 Å². The fourth-order valence-corrected chi connectivity index (χ4v) is 2.50. The molecular weight excluding hydrogens is 256 g/mol. The Balaban J connectivity index is 2.20. The number of pyridine rings is 1. The smallest absolute Gasteiger partial charge is 0.354 e. The molecule has 0 spiro atoms. The van der Waals surface area contributed by atoms with Crippen LogP contribution in [0.15, 0.2) is 18.3 Å². The van der Waals surface area contributed by atoms with Crippen molar-refractivity contribution in [3.8, 4) is 0 Å². The van der Waals surface area contributed by atoms with Gasteiger partial charge in [-0.3, -0.25) is 4.79 Å². The number of nitrogens with zero attached hydrogens (tertiary/aromatic N) is 2. The zero-order chi connectivity index (χ0) is 14.9. The van der Waals surface area contributed by atoms with E-state index in [0.29, 0.717) is 24.6 Å². The molecule has 0 aromatic carbocycles. The van der Waals surface area contributed by atoms with Crippen LogP contribution in [0.1, 0.15) is 48.0 Å². The van der Waals surface area contributed by atoms with Crippen molar-refractivity contribution in [2.75, 3.05) is 13.1 Å². The minimum absolute atomic E-state index is 0.0799. The molecule has 1 aromatic rings. The Bertz CT molecular complexity index is 540. The van der Waals surface area contributed by atoms with E-state index in [-0.39, 0.29) is 17.0 Å². The van der Waals surface area contributed by atoms with Gasteiger partial charge in [-0.05, 0) is 29.9 Å². The molecule has 0 radical (unpaired) electrons. The molecule has 0 saturated carbocycles. The quantitative estimate of drug-likeness (QED) is 0.899. The first-order chi connectivity index (χ1) is 9.31. The summed E-state index contributed by atoms with van der Waals surface area (Å²) in [6.45, 7) is 7.93. The van der Waals surface area contributed by atoms with Crippen LogP contribution in [-0.2, 0) is 0 Å². The predicted octanol–water partition coefficient (Wildman–Crippen LogP) is 2.29. The van der Waals surface area contributed by atoms with E-state index in [0.717, 1.165) is 6.42 Å². The Kier molecular flexibility index (Phi) is 3.79. The number of hydrogen-bond acceptors (Lipinski definition) is 3. The molecule has 1 fully saturated rings. The number of aromatic nitrogens is 1. The molecule has 1 N–H and O–H groups in total. The number of carboxylic acids is 1. The van der Waals surface area contributed by atoms with Gasteiger partial charge in [0.25, 0.3) is 5.91 Å². The summed E-state index contributed by atoms with van der Waals surface area (Å²) in [4.78, 5) is 28.9. The Labute approximate surface area is 118 Å².